The molecule has 0 aromatic heterocycles. The maximum absolute atomic E-state index is 12.1. The predicted molar refractivity (Wildman–Crippen MR) is 89.9 cm³/mol. The van der Waals surface area contributed by atoms with Crippen LogP contribution in [0, 0.1) is 5.92 Å². The molecule has 0 fully saturated rings. The summed E-state index contributed by atoms with van der Waals surface area (Å²) in [7, 11) is 1.34. The lowest BCUT2D eigenvalue weighted by atomic mass is 9.88. The number of rotatable bonds is 5. The summed E-state index contributed by atoms with van der Waals surface area (Å²) in [5, 5.41) is 2.76. The quantitative estimate of drug-likeness (QED) is 0.847. The van der Waals surface area contributed by atoms with E-state index in [1.807, 2.05) is 24.3 Å². The van der Waals surface area contributed by atoms with Gasteiger partial charge in [-0.25, -0.2) is 9.79 Å². The average molecular weight is 317 g/mol. The van der Waals surface area contributed by atoms with Gasteiger partial charge in [-0.2, -0.15) is 0 Å². The van der Waals surface area contributed by atoms with Gasteiger partial charge in [0.15, 0.2) is 0 Å². The van der Waals surface area contributed by atoms with Crippen LogP contribution >= 0.6 is 0 Å². The zero-order valence-corrected chi connectivity index (χ0v) is 14.0. The molecule has 1 aliphatic heterocycles. The highest BCUT2D eigenvalue weighted by atomic mass is 16.5. The number of ether oxygens (including phenoxy) is 1. The first kappa shape index (κ1) is 17.0. The van der Waals surface area contributed by atoms with Gasteiger partial charge in [0.2, 0.25) is 0 Å². The van der Waals surface area contributed by atoms with E-state index in [2.05, 4.69) is 29.1 Å². The third-order valence-corrected chi connectivity index (χ3v) is 4.18. The zero-order valence-electron chi connectivity index (χ0n) is 14.0. The Morgan fingerprint density at radius 3 is 2.39 bits per heavy atom. The summed E-state index contributed by atoms with van der Waals surface area (Å²) in [6.45, 7) is 7.73. The normalized spacial score (nSPS) is 20.5. The first-order chi connectivity index (χ1) is 11.0. The van der Waals surface area contributed by atoms with Gasteiger partial charge in [-0.3, -0.25) is 4.79 Å². The van der Waals surface area contributed by atoms with Crippen LogP contribution in [0.25, 0.3) is 0 Å². The van der Waals surface area contributed by atoms with Gasteiger partial charge in [0.25, 0.3) is 0 Å². The minimum atomic E-state index is -0.600. The lowest BCUT2D eigenvalue weighted by Crippen LogP contribution is -2.44. The summed E-state index contributed by atoms with van der Waals surface area (Å²) in [4.78, 5) is 29.9. The van der Waals surface area contributed by atoms with Crippen molar-refractivity contribution in [2.45, 2.75) is 26.8 Å². The highest BCUT2D eigenvalue weighted by Crippen LogP contribution is 2.29. The number of esters is 1. The Hall–Kier alpha value is -2.37. The summed E-state index contributed by atoms with van der Waals surface area (Å²) in [5.74, 6) is -0.999. The number of carbonyl (C=O) groups is 2. The SMILES string of the molecule is CCN(CC)c1ccc(C2NC(=O)N=C(C)C2C(=O)OC)cc1. The molecule has 1 aliphatic rings. The fourth-order valence-electron chi connectivity index (χ4n) is 2.91. The number of amides is 2. The van der Waals surface area contributed by atoms with Crippen molar-refractivity contribution in [2.75, 3.05) is 25.1 Å². The molecular weight excluding hydrogens is 294 g/mol. The van der Waals surface area contributed by atoms with Gasteiger partial charge in [0, 0.05) is 24.5 Å². The molecule has 1 N–H and O–H groups in total. The first-order valence-electron chi connectivity index (χ1n) is 7.80. The summed E-state index contributed by atoms with van der Waals surface area (Å²) >= 11 is 0. The van der Waals surface area contributed by atoms with Crippen LogP contribution in [0.15, 0.2) is 29.3 Å². The molecule has 1 aromatic carbocycles. The molecule has 2 unspecified atom stereocenters. The molecule has 6 nitrogen and oxygen atoms in total. The smallest absolute Gasteiger partial charge is 0.341 e. The molecule has 1 aromatic rings. The Morgan fingerprint density at radius 1 is 1.26 bits per heavy atom. The van der Waals surface area contributed by atoms with Gasteiger partial charge in [0.05, 0.1) is 13.2 Å². The van der Waals surface area contributed by atoms with Crippen molar-refractivity contribution in [1.29, 1.82) is 0 Å². The molecule has 0 saturated heterocycles. The number of carbonyl (C=O) groups excluding carboxylic acids is 2. The Balaban J connectivity index is 2.33. The number of methoxy groups -OCH3 is 1. The molecule has 23 heavy (non-hydrogen) atoms. The van der Waals surface area contributed by atoms with Crippen LogP contribution in [0.1, 0.15) is 32.4 Å². The standard InChI is InChI=1S/C17H23N3O3/c1-5-20(6-2)13-9-7-12(8-10-13)15-14(16(21)23-4)11(3)18-17(22)19-15/h7-10,14-15H,5-6H2,1-4H3,(H,19,22). The van der Waals surface area contributed by atoms with Crippen LogP contribution < -0.4 is 10.2 Å². The molecule has 2 atom stereocenters. The minimum absolute atomic E-state index is 0.399. The van der Waals surface area contributed by atoms with Crippen molar-refractivity contribution in [1.82, 2.24) is 5.32 Å². The Labute approximate surface area is 136 Å². The average Bonchev–Trinajstić information content (AvgIpc) is 2.55. The summed E-state index contributed by atoms with van der Waals surface area (Å²) in [6.07, 6.45) is 0. The third-order valence-electron chi connectivity index (χ3n) is 4.18. The number of nitrogens with zero attached hydrogens (tertiary/aromatic N) is 2. The van der Waals surface area contributed by atoms with E-state index in [-0.39, 0.29) is 0 Å². The van der Waals surface area contributed by atoms with Gasteiger partial charge in [-0.05, 0) is 38.5 Å². The van der Waals surface area contributed by atoms with Crippen LogP contribution in [0.2, 0.25) is 0 Å². The Morgan fingerprint density at radius 2 is 1.87 bits per heavy atom. The second-order valence-corrected chi connectivity index (χ2v) is 5.44. The van der Waals surface area contributed by atoms with Gasteiger partial charge in [-0.1, -0.05) is 12.1 Å². The van der Waals surface area contributed by atoms with Crippen molar-refractivity contribution < 1.29 is 14.3 Å². The van der Waals surface area contributed by atoms with Crippen LogP contribution in [0.5, 0.6) is 0 Å². The summed E-state index contributed by atoms with van der Waals surface area (Å²) in [5.41, 5.74) is 2.44. The van der Waals surface area contributed by atoms with E-state index in [1.165, 1.54) is 7.11 Å². The number of aliphatic imine (C=N–C) groups is 1. The predicted octanol–water partition coefficient (Wildman–Crippen LogP) is 2.55. The van der Waals surface area contributed by atoms with E-state index in [1.54, 1.807) is 6.92 Å². The van der Waals surface area contributed by atoms with Gasteiger partial charge >= 0.3 is 12.0 Å². The molecule has 0 spiro atoms. The number of hydrogen-bond donors (Lipinski definition) is 1. The first-order valence-corrected chi connectivity index (χ1v) is 7.80. The highest BCUT2D eigenvalue weighted by Gasteiger charge is 2.37. The Bertz CT molecular complexity index is 606. The molecule has 1 heterocycles. The van der Waals surface area contributed by atoms with Crippen LogP contribution in [-0.2, 0) is 9.53 Å². The third kappa shape index (κ3) is 3.52. The van der Waals surface area contributed by atoms with Crippen LogP contribution in [0.4, 0.5) is 10.5 Å². The minimum Gasteiger partial charge on any atom is -0.468 e. The van der Waals surface area contributed by atoms with Crippen molar-refractivity contribution in [3.63, 3.8) is 0 Å². The molecule has 0 saturated carbocycles. The largest absolute Gasteiger partial charge is 0.468 e. The maximum atomic E-state index is 12.1. The second-order valence-electron chi connectivity index (χ2n) is 5.44. The fraction of sp³-hybridized carbons (Fsp3) is 0.471. The molecule has 0 bridgehead atoms. The van der Waals surface area contributed by atoms with E-state index in [9.17, 15) is 9.59 Å². The number of anilines is 1. The van der Waals surface area contributed by atoms with Crippen molar-refractivity contribution in [3.8, 4) is 0 Å². The number of benzene rings is 1. The number of hydrogen-bond acceptors (Lipinski definition) is 4. The van der Waals surface area contributed by atoms with E-state index < -0.39 is 24.0 Å². The summed E-state index contributed by atoms with van der Waals surface area (Å²) in [6, 6.07) is 6.99. The van der Waals surface area contributed by atoms with Crippen molar-refractivity contribution in [2.24, 2.45) is 10.9 Å². The number of nitrogens with one attached hydrogen (secondary N) is 1. The highest BCUT2D eigenvalue weighted by molar-refractivity contribution is 6.08. The fourth-order valence-corrected chi connectivity index (χ4v) is 2.91. The van der Waals surface area contributed by atoms with Crippen LogP contribution in [0.3, 0.4) is 0 Å². The zero-order chi connectivity index (χ0) is 17.0. The molecule has 2 rings (SSSR count). The topological polar surface area (TPSA) is 71.0 Å². The van der Waals surface area contributed by atoms with Gasteiger partial charge in [0.1, 0.15) is 5.92 Å². The maximum Gasteiger partial charge on any atom is 0.341 e. The number of urea groups is 1. The molecule has 2 amide bonds. The van der Waals surface area contributed by atoms with Crippen LogP contribution in [-0.4, -0.2) is 37.9 Å². The van der Waals surface area contributed by atoms with E-state index in [0.29, 0.717) is 5.71 Å². The van der Waals surface area contributed by atoms with E-state index >= 15 is 0 Å². The molecule has 6 heteroatoms. The summed E-state index contributed by atoms with van der Waals surface area (Å²) < 4.78 is 4.86. The molecular formula is C17H23N3O3. The lowest BCUT2D eigenvalue weighted by Gasteiger charge is -2.30. The molecule has 0 radical (unpaired) electrons. The van der Waals surface area contributed by atoms with Gasteiger partial charge < -0.3 is 15.0 Å². The van der Waals surface area contributed by atoms with E-state index in [0.717, 1.165) is 24.3 Å². The van der Waals surface area contributed by atoms with Gasteiger partial charge in [-0.15, -0.1) is 0 Å². The second kappa shape index (κ2) is 7.26. The monoisotopic (exact) mass is 317 g/mol. The molecule has 0 aliphatic carbocycles. The lowest BCUT2D eigenvalue weighted by molar-refractivity contribution is -0.143. The Kier molecular flexibility index (Phi) is 5.36. The molecule has 124 valence electrons. The van der Waals surface area contributed by atoms with Crippen molar-refractivity contribution >= 4 is 23.4 Å². The van der Waals surface area contributed by atoms with E-state index in [4.69, 9.17) is 4.74 Å². The van der Waals surface area contributed by atoms with Crippen molar-refractivity contribution in [3.05, 3.63) is 29.8 Å².